The summed E-state index contributed by atoms with van der Waals surface area (Å²) in [5, 5.41) is 7.93. The van der Waals surface area contributed by atoms with Gasteiger partial charge in [-0.1, -0.05) is 33.6 Å². The Morgan fingerprint density at radius 2 is 1.89 bits per heavy atom. The Balaban J connectivity index is 2.79. The lowest BCUT2D eigenvalue weighted by Crippen LogP contribution is -2.38. The predicted octanol–water partition coefficient (Wildman–Crippen LogP) is 2.82. The Morgan fingerprint density at radius 1 is 1.22 bits per heavy atom. The minimum Gasteiger partial charge on any atom is -0.314 e. The highest BCUT2D eigenvalue weighted by Crippen LogP contribution is 2.17. The standard InChI is InChI=1S/C14H28N4/c1-6-12(7-2)13(15-8-3)9-14-16-10-17-18(14)11(4)5/h10-13,15H,6-9H2,1-5H3. The SMILES string of the molecule is CCNC(Cc1ncnn1C(C)C)C(CC)CC. The van der Waals surface area contributed by atoms with Gasteiger partial charge in [0.05, 0.1) is 0 Å². The average molecular weight is 252 g/mol. The average Bonchev–Trinajstić information content (AvgIpc) is 2.79. The second-order valence-corrected chi connectivity index (χ2v) is 5.16. The van der Waals surface area contributed by atoms with E-state index < -0.39 is 0 Å². The van der Waals surface area contributed by atoms with Crippen LogP contribution in [0.2, 0.25) is 0 Å². The van der Waals surface area contributed by atoms with Gasteiger partial charge in [-0.25, -0.2) is 9.67 Å². The number of nitrogens with zero attached hydrogens (tertiary/aromatic N) is 3. The van der Waals surface area contributed by atoms with Gasteiger partial charge in [0.2, 0.25) is 0 Å². The second-order valence-electron chi connectivity index (χ2n) is 5.16. The molecule has 0 aromatic carbocycles. The molecule has 0 spiro atoms. The number of aromatic nitrogens is 3. The molecule has 0 saturated heterocycles. The summed E-state index contributed by atoms with van der Waals surface area (Å²) < 4.78 is 2.03. The summed E-state index contributed by atoms with van der Waals surface area (Å²) in [5.41, 5.74) is 0. The third kappa shape index (κ3) is 3.80. The monoisotopic (exact) mass is 252 g/mol. The van der Waals surface area contributed by atoms with E-state index in [9.17, 15) is 0 Å². The summed E-state index contributed by atoms with van der Waals surface area (Å²) in [5.74, 6) is 1.81. The summed E-state index contributed by atoms with van der Waals surface area (Å²) in [7, 11) is 0. The summed E-state index contributed by atoms with van der Waals surface area (Å²) in [6.07, 6.45) is 5.07. The van der Waals surface area contributed by atoms with Crippen molar-refractivity contribution >= 4 is 0 Å². The largest absolute Gasteiger partial charge is 0.314 e. The van der Waals surface area contributed by atoms with E-state index in [-0.39, 0.29) is 0 Å². The molecule has 104 valence electrons. The van der Waals surface area contributed by atoms with Crippen LogP contribution >= 0.6 is 0 Å². The van der Waals surface area contributed by atoms with Gasteiger partial charge in [-0.15, -0.1) is 0 Å². The van der Waals surface area contributed by atoms with Gasteiger partial charge in [0.25, 0.3) is 0 Å². The van der Waals surface area contributed by atoms with Crippen molar-refractivity contribution in [2.75, 3.05) is 6.54 Å². The molecule has 1 rings (SSSR count). The zero-order valence-electron chi connectivity index (χ0n) is 12.5. The molecule has 0 radical (unpaired) electrons. The van der Waals surface area contributed by atoms with Crippen LogP contribution in [0.5, 0.6) is 0 Å². The molecule has 1 aromatic rings. The van der Waals surface area contributed by atoms with E-state index in [4.69, 9.17) is 0 Å². The zero-order valence-corrected chi connectivity index (χ0v) is 12.5. The topological polar surface area (TPSA) is 42.7 Å². The van der Waals surface area contributed by atoms with Gasteiger partial charge in [-0.05, 0) is 26.3 Å². The van der Waals surface area contributed by atoms with Crippen LogP contribution in [-0.2, 0) is 6.42 Å². The third-order valence-electron chi connectivity index (χ3n) is 3.62. The molecular formula is C14H28N4. The molecule has 1 unspecified atom stereocenters. The van der Waals surface area contributed by atoms with Gasteiger partial charge in [-0.3, -0.25) is 0 Å². The first-order valence-corrected chi connectivity index (χ1v) is 7.25. The summed E-state index contributed by atoms with van der Waals surface area (Å²) in [6, 6.07) is 0.887. The van der Waals surface area contributed by atoms with Crippen molar-refractivity contribution in [2.24, 2.45) is 5.92 Å². The van der Waals surface area contributed by atoms with Gasteiger partial charge in [0.15, 0.2) is 0 Å². The van der Waals surface area contributed by atoms with Crippen LogP contribution < -0.4 is 5.32 Å². The molecule has 0 saturated carbocycles. The molecule has 0 bridgehead atoms. The molecule has 0 aliphatic heterocycles. The fraction of sp³-hybridized carbons (Fsp3) is 0.857. The first-order valence-electron chi connectivity index (χ1n) is 7.25. The van der Waals surface area contributed by atoms with Crippen LogP contribution in [0.4, 0.5) is 0 Å². The van der Waals surface area contributed by atoms with Crippen LogP contribution in [0.15, 0.2) is 6.33 Å². The molecule has 1 N–H and O–H groups in total. The number of nitrogens with one attached hydrogen (secondary N) is 1. The van der Waals surface area contributed by atoms with Crippen LogP contribution in [0.1, 0.15) is 59.3 Å². The second kappa shape index (κ2) is 7.52. The number of hydrogen-bond acceptors (Lipinski definition) is 3. The highest BCUT2D eigenvalue weighted by Gasteiger charge is 2.20. The summed E-state index contributed by atoms with van der Waals surface area (Å²) in [4.78, 5) is 4.42. The minimum absolute atomic E-state index is 0.381. The van der Waals surface area contributed by atoms with Gasteiger partial charge in [0.1, 0.15) is 12.2 Å². The highest BCUT2D eigenvalue weighted by atomic mass is 15.3. The lowest BCUT2D eigenvalue weighted by atomic mass is 9.91. The van der Waals surface area contributed by atoms with Crippen molar-refractivity contribution in [3.63, 3.8) is 0 Å². The Morgan fingerprint density at radius 3 is 2.39 bits per heavy atom. The van der Waals surface area contributed by atoms with Crippen LogP contribution in [0.25, 0.3) is 0 Å². The Bertz CT molecular complexity index is 328. The lowest BCUT2D eigenvalue weighted by Gasteiger charge is -2.26. The Hall–Kier alpha value is -0.900. The van der Waals surface area contributed by atoms with Crippen molar-refractivity contribution in [1.29, 1.82) is 0 Å². The predicted molar refractivity (Wildman–Crippen MR) is 75.6 cm³/mol. The molecule has 4 heteroatoms. The lowest BCUT2D eigenvalue weighted by molar-refractivity contribution is 0.326. The van der Waals surface area contributed by atoms with E-state index in [0.717, 1.165) is 18.8 Å². The van der Waals surface area contributed by atoms with E-state index in [1.807, 2.05) is 4.68 Å². The highest BCUT2D eigenvalue weighted by molar-refractivity contribution is 4.93. The maximum Gasteiger partial charge on any atom is 0.138 e. The molecular weight excluding hydrogens is 224 g/mol. The van der Waals surface area contributed by atoms with Crippen molar-refractivity contribution in [3.05, 3.63) is 12.2 Å². The molecule has 18 heavy (non-hydrogen) atoms. The number of rotatable bonds is 8. The smallest absolute Gasteiger partial charge is 0.138 e. The molecule has 0 aliphatic carbocycles. The quantitative estimate of drug-likeness (QED) is 0.773. The van der Waals surface area contributed by atoms with Gasteiger partial charge < -0.3 is 5.32 Å². The first-order chi connectivity index (χ1) is 8.63. The van der Waals surface area contributed by atoms with E-state index >= 15 is 0 Å². The first kappa shape index (κ1) is 15.2. The third-order valence-corrected chi connectivity index (χ3v) is 3.62. The molecule has 1 atom stereocenters. The molecule has 0 fully saturated rings. The van der Waals surface area contributed by atoms with Crippen molar-refractivity contribution in [2.45, 2.75) is 66.0 Å². The summed E-state index contributed by atoms with van der Waals surface area (Å²) in [6.45, 7) is 12.0. The van der Waals surface area contributed by atoms with Gasteiger partial charge in [0, 0.05) is 18.5 Å². The van der Waals surface area contributed by atoms with Crippen LogP contribution in [0, 0.1) is 5.92 Å². The molecule has 0 aliphatic rings. The Kier molecular flexibility index (Phi) is 6.33. The molecule has 1 aromatic heterocycles. The van der Waals surface area contributed by atoms with Crippen molar-refractivity contribution in [1.82, 2.24) is 20.1 Å². The van der Waals surface area contributed by atoms with E-state index in [1.165, 1.54) is 12.8 Å². The minimum atomic E-state index is 0.381. The van der Waals surface area contributed by atoms with E-state index in [1.54, 1.807) is 6.33 Å². The van der Waals surface area contributed by atoms with Gasteiger partial charge in [-0.2, -0.15) is 5.10 Å². The van der Waals surface area contributed by atoms with Gasteiger partial charge >= 0.3 is 0 Å². The number of hydrogen-bond donors (Lipinski definition) is 1. The maximum atomic E-state index is 4.42. The molecule has 4 nitrogen and oxygen atoms in total. The van der Waals surface area contributed by atoms with Crippen LogP contribution in [0.3, 0.4) is 0 Å². The van der Waals surface area contributed by atoms with Crippen LogP contribution in [-0.4, -0.2) is 27.4 Å². The van der Waals surface area contributed by atoms with Crippen molar-refractivity contribution in [3.8, 4) is 0 Å². The van der Waals surface area contributed by atoms with E-state index in [0.29, 0.717) is 18.0 Å². The van der Waals surface area contributed by atoms with Crippen molar-refractivity contribution < 1.29 is 0 Å². The molecule has 0 amide bonds. The normalized spacial score (nSPS) is 13.5. The number of likely N-dealkylation sites (N-methyl/N-ethyl adjacent to an activating group) is 1. The fourth-order valence-electron chi connectivity index (χ4n) is 2.57. The Labute approximate surface area is 111 Å². The van der Waals surface area contributed by atoms with E-state index in [2.05, 4.69) is 50.0 Å². The summed E-state index contributed by atoms with van der Waals surface area (Å²) >= 11 is 0. The fourth-order valence-corrected chi connectivity index (χ4v) is 2.57. The maximum absolute atomic E-state index is 4.42. The zero-order chi connectivity index (χ0) is 13.5. The molecule has 1 heterocycles.